The molecule has 1 aromatic carbocycles. The van der Waals surface area contributed by atoms with Gasteiger partial charge in [0, 0.05) is 24.5 Å². The summed E-state index contributed by atoms with van der Waals surface area (Å²) in [6.45, 7) is 2.53. The molecule has 0 radical (unpaired) electrons. The molecule has 1 aromatic heterocycles. The number of amides is 1. The van der Waals surface area contributed by atoms with Crippen LogP contribution in [0.15, 0.2) is 35.2 Å². The van der Waals surface area contributed by atoms with Gasteiger partial charge in [-0.3, -0.25) is 9.69 Å². The van der Waals surface area contributed by atoms with Gasteiger partial charge in [0.15, 0.2) is 0 Å². The van der Waals surface area contributed by atoms with Gasteiger partial charge in [0.05, 0.1) is 12.1 Å². The lowest BCUT2D eigenvalue weighted by Crippen LogP contribution is -2.32. The van der Waals surface area contributed by atoms with E-state index >= 15 is 0 Å². The summed E-state index contributed by atoms with van der Waals surface area (Å²) in [5.41, 5.74) is 4.43. The molecule has 122 valence electrons. The van der Waals surface area contributed by atoms with Gasteiger partial charge in [0.1, 0.15) is 5.69 Å². The molecule has 0 spiro atoms. The van der Waals surface area contributed by atoms with Crippen molar-refractivity contribution in [3.63, 3.8) is 0 Å². The number of hydrogen-bond donors (Lipinski definition) is 2. The first kappa shape index (κ1) is 16.1. The van der Waals surface area contributed by atoms with Crippen LogP contribution in [0, 0.1) is 0 Å². The molecule has 1 aliphatic heterocycles. The normalized spacial score (nSPS) is 18.2. The lowest BCUT2D eigenvalue weighted by molar-refractivity contribution is 0.0946. The fraction of sp³-hybridized carbons (Fsp3) is 0.412. The van der Waals surface area contributed by atoms with E-state index in [1.807, 2.05) is 18.2 Å². The van der Waals surface area contributed by atoms with Crippen molar-refractivity contribution in [3.8, 4) is 0 Å². The Labute approximate surface area is 140 Å². The highest BCUT2D eigenvalue weighted by atomic mass is 32.1. The molecule has 1 fully saturated rings. The fourth-order valence-electron chi connectivity index (χ4n) is 3.00. The van der Waals surface area contributed by atoms with E-state index < -0.39 is 0 Å². The van der Waals surface area contributed by atoms with Crippen molar-refractivity contribution in [1.29, 1.82) is 0 Å². The molecule has 23 heavy (non-hydrogen) atoms. The topological polar surface area (TPSA) is 65.5 Å². The Hall–Kier alpha value is -1.76. The van der Waals surface area contributed by atoms with Crippen molar-refractivity contribution in [2.75, 3.05) is 13.2 Å². The molecular formula is C17H21N3O2S. The Kier molecular flexibility index (Phi) is 5.38. The molecule has 0 saturated carbocycles. The summed E-state index contributed by atoms with van der Waals surface area (Å²) < 4.78 is 0. The van der Waals surface area contributed by atoms with Crippen molar-refractivity contribution in [2.45, 2.75) is 32.0 Å². The molecule has 0 aliphatic carbocycles. The van der Waals surface area contributed by atoms with Gasteiger partial charge in [-0.1, -0.05) is 24.3 Å². The first-order chi connectivity index (χ1) is 11.3. The molecule has 1 saturated heterocycles. The molecule has 0 bridgehead atoms. The second-order valence-electron chi connectivity index (χ2n) is 5.77. The Balaban J connectivity index is 1.65. The van der Waals surface area contributed by atoms with E-state index in [1.165, 1.54) is 16.9 Å². The summed E-state index contributed by atoms with van der Waals surface area (Å²) in [6.07, 6.45) is 2.19. The minimum atomic E-state index is -0.143. The van der Waals surface area contributed by atoms with Crippen LogP contribution in [0.3, 0.4) is 0 Å². The van der Waals surface area contributed by atoms with E-state index in [1.54, 1.807) is 10.9 Å². The third-order valence-corrected chi connectivity index (χ3v) is 4.89. The van der Waals surface area contributed by atoms with Gasteiger partial charge in [-0.25, -0.2) is 4.98 Å². The molecule has 3 rings (SSSR count). The molecule has 5 nitrogen and oxygen atoms in total. The number of likely N-dealkylation sites (tertiary alicyclic amines) is 1. The van der Waals surface area contributed by atoms with Crippen LogP contribution < -0.4 is 5.32 Å². The van der Waals surface area contributed by atoms with Gasteiger partial charge in [-0.2, -0.15) is 0 Å². The minimum absolute atomic E-state index is 0.143. The predicted octanol–water partition coefficient (Wildman–Crippen LogP) is 2.03. The zero-order valence-corrected chi connectivity index (χ0v) is 13.8. The fourth-order valence-corrected chi connectivity index (χ4v) is 3.54. The number of carbonyl (C=O) groups excluding carboxylic acids is 1. The number of benzene rings is 1. The minimum Gasteiger partial charge on any atom is -0.395 e. The van der Waals surface area contributed by atoms with E-state index in [0.717, 1.165) is 31.5 Å². The largest absolute Gasteiger partial charge is 0.395 e. The lowest BCUT2D eigenvalue weighted by atomic mass is 10.1. The van der Waals surface area contributed by atoms with Crippen molar-refractivity contribution < 1.29 is 9.90 Å². The maximum Gasteiger partial charge on any atom is 0.271 e. The number of aliphatic hydroxyl groups is 1. The Bertz CT molecular complexity index is 645. The van der Waals surface area contributed by atoms with Crippen LogP contribution in [0.4, 0.5) is 0 Å². The van der Waals surface area contributed by atoms with E-state index in [2.05, 4.69) is 21.3 Å². The molecule has 1 aliphatic rings. The highest BCUT2D eigenvalue weighted by molar-refractivity contribution is 7.07. The predicted molar refractivity (Wildman–Crippen MR) is 90.2 cm³/mol. The average Bonchev–Trinajstić information content (AvgIpc) is 3.25. The zero-order valence-electron chi connectivity index (χ0n) is 12.9. The monoisotopic (exact) mass is 331 g/mol. The van der Waals surface area contributed by atoms with Crippen LogP contribution in [-0.2, 0) is 13.1 Å². The Morgan fingerprint density at radius 3 is 2.96 bits per heavy atom. The van der Waals surface area contributed by atoms with Crippen LogP contribution >= 0.6 is 11.3 Å². The van der Waals surface area contributed by atoms with Crippen LogP contribution in [0.1, 0.15) is 34.5 Å². The molecule has 1 amide bonds. The quantitative estimate of drug-likeness (QED) is 0.850. The second-order valence-corrected chi connectivity index (χ2v) is 6.49. The van der Waals surface area contributed by atoms with Gasteiger partial charge in [0.25, 0.3) is 5.91 Å². The molecule has 1 atom stereocenters. The van der Waals surface area contributed by atoms with E-state index in [0.29, 0.717) is 12.2 Å². The maximum absolute atomic E-state index is 12.0. The molecule has 6 heteroatoms. The number of nitrogens with zero attached hydrogens (tertiary/aromatic N) is 2. The van der Waals surface area contributed by atoms with E-state index in [9.17, 15) is 9.90 Å². The highest BCUT2D eigenvalue weighted by Crippen LogP contribution is 2.21. The molecule has 2 aromatic rings. The van der Waals surface area contributed by atoms with Gasteiger partial charge < -0.3 is 10.4 Å². The number of aromatic nitrogens is 1. The Morgan fingerprint density at radius 2 is 2.22 bits per heavy atom. The average molecular weight is 331 g/mol. The van der Waals surface area contributed by atoms with E-state index in [-0.39, 0.29) is 18.6 Å². The van der Waals surface area contributed by atoms with Crippen molar-refractivity contribution in [2.24, 2.45) is 0 Å². The summed E-state index contributed by atoms with van der Waals surface area (Å²) in [6, 6.07) is 8.40. The summed E-state index contributed by atoms with van der Waals surface area (Å²) in [4.78, 5) is 18.4. The van der Waals surface area contributed by atoms with Crippen LogP contribution in [0.2, 0.25) is 0 Å². The third kappa shape index (κ3) is 3.96. The van der Waals surface area contributed by atoms with Crippen LogP contribution in [0.25, 0.3) is 0 Å². The SMILES string of the molecule is O=C(NCc1ccccc1CN1CCC[C@@H]1CO)c1cscn1. The molecule has 2 N–H and O–H groups in total. The van der Waals surface area contributed by atoms with Crippen LogP contribution in [0.5, 0.6) is 0 Å². The van der Waals surface area contributed by atoms with Gasteiger partial charge in [-0.05, 0) is 30.5 Å². The summed E-state index contributed by atoms with van der Waals surface area (Å²) >= 11 is 1.41. The summed E-state index contributed by atoms with van der Waals surface area (Å²) in [7, 11) is 0. The molecular weight excluding hydrogens is 310 g/mol. The summed E-state index contributed by atoms with van der Waals surface area (Å²) in [5.74, 6) is -0.143. The van der Waals surface area contributed by atoms with Crippen molar-refractivity contribution in [1.82, 2.24) is 15.2 Å². The second kappa shape index (κ2) is 7.68. The van der Waals surface area contributed by atoms with Crippen molar-refractivity contribution in [3.05, 3.63) is 52.0 Å². The van der Waals surface area contributed by atoms with Gasteiger partial charge in [-0.15, -0.1) is 11.3 Å². The van der Waals surface area contributed by atoms with Gasteiger partial charge in [0.2, 0.25) is 0 Å². The number of hydrogen-bond acceptors (Lipinski definition) is 5. The summed E-state index contributed by atoms with van der Waals surface area (Å²) in [5, 5.41) is 14.1. The molecule has 0 unspecified atom stereocenters. The van der Waals surface area contributed by atoms with Crippen LogP contribution in [-0.4, -0.2) is 40.1 Å². The maximum atomic E-state index is 12.0. The number of nitrogens with one attached hydrogen (secondary N) is 1. The van der Waals surface area contributed by atoms with Gasteiger partial charge >= 0.3 is 0 Å². The number of carbonyl (C=O) groups is 1. The standard InChI is InChI=1S/C17H21N3O2S/c21-10-15-6-3-7-20(15)9-14-5-2-1-4-13(14)8-18-17(22)16-11-23-12-19-16/h1-2,4-5,11-12,15,21H,3,6-10H2,(H,18,22)/t15-/m1/s1. The zero-order chi connectivity index (χ0) is 16.1. The Morgan fingerprint density at radius 1 is 1.39 bits per heavy atom. The highest BCUT2D eigenvalue weighted by Gasteiger charge is 2.24. The van der Waals surface area contributed by atoms with E-state index in [4.69, 9.17) is 0 Å². The first-order valence-electron chi connectivity index (χ1n) is 7.86. The lowest BCUT2D eigenvalue weighted by Gasteiger charge is -2.24. The smallest absolute Gasteiger partial charge is 0.271 e. The number of rotatable bonds is 6. The third-order valence-electron chi connectivity index (χ3n) is 4.31. The first-order valence-corrected chi connectivity index (χ1v) is 8.80. The number of thiazole rings is 1. The molecule has 2 heterocycles. The number of aliphatic hydroxyl groups excluding tert-OH is 1. The van der Waals surface area contributed by atoms with Crippen molar-refractivity contribution >= 4 is 17.2 Å².